The highest BCUT2D eigenvalue weighted by Gasteiger charge is 2.31. The Bertz CT molecular complexity index is 704. The van der Waals surface area contributed by atoms with Crippen molar-refractivity contribution in [3.05, 3.63) is 17.2 Å². The highest BCUT2D eigenvalue weighted by atomic mass is 35.5. The maximum atomic E-state index is 12.5. The first-order valence-electron chi connectivity index (χ1n) is 9.25. The molecule has 2 aliphatic rings. The van der Waals surface area contributed by atoms with Crippen LogP contribution in [0.15, 0.2) is 12.1 Å². The number of anilines is 1. The lowest BCUT2D eigenvalue weighted by atomic mass is 10.0. The molecule has 0 bridgehead atoms. The molecule has 0 radical (unpaired) electrons. The molecule has 0 saturated carbocycles. The highest BCUT2D eigenvalue weighted by Crippen LogP contribution is 2.35. The Labute approximate surface area is 164 Å². The van der Waals surface area contributed by atoms with Gasteiger partial charge in [-0.05, 0) is 19.3 Å². The summed E-state index contributed by atoms with van der Waals surface area (Å²) in [4.78, 5) is 28.5. The van der Waals surface area contributed by atoms with E-state index in [0.29, 0.717) is 41.2 Å². The Morgan fingerprint density at radius 3 is 2.48 bits per heavy atom. The molecular formula is C19H26ClN3O4. The number of methoxy groups -OCH3 is 2. The third-order valence-corrected chi connectivity index (χ3v) is 5.52. The quantitative estimate of drug-likeness (QED) is 0.800. The normalized spacial score (nSPS) is 18.6. The Morgan fingerprint density at radius 1 is 1.19 bits per heavy atom. The van der Waals surface area contributed by atoms with E-state index in [-0.39, 0.29) is 11.8 Å². The summed E-state index contributed by atoms with van der Waals surface area (Å²) in [7, 11) is 3.05. The van der Waals surface area contributed by atoms with E-state index >= 15 is 0 Å². The lowest BCUT2D eigenvalue weighted by molar-refractivity contribution is -0.130. The lowest BCUT2D eigenvalue weighted by Crippen LogP contribution is -2.47. The highest BCUT2D eigenvalue weighted by molar-refractivity contribution is 6.32. The van der Waals surface area contributed by atoms with Crippen molar-refractivity contribution < 1.29 is 19.1 Å². The average molecular weight is 396 g/mol. The van der Waals surface area contributed by atoms with Crippen molar-refractivity contribution in [3.8, 4) is 11.5 Å². The van der Waals surface area contributed by atoms with Gasteiger partial charge in [0.05, 0.1) is 31.5 Å². The summed E-state index contributed by atoms with van der Waals surface area (Å²) < 4.78 is 10.5. The van der Waals surface area contributed by atoms with Crippen LogP contribution in [0.3, 0.4) is 0 Å². The number of carbonyl (C=O) groups is 2. The maximum Gasteiger partial charge on any atom is 0.238 e. The minimum Gasteiger partial charge on any atom is -0.495 e. The molecule has 1 N–H and O–H groups in total. The van der Waals surface area contributed by atoms with E-state index in [9.17, 15) is 9.59 Å². The van der Waals surface area contributed by atoms with Crippen molar-refractivity contribution in [1.82, 2.24) is 9.80 Å². The fraction of sp³-hybridized carbons (Fsp3) is 0.579. The molecule has 27 heavy (non-hydrogen) atoms. The van der Waals surface area contributed by atoms with Gasteiger partial charge in [-0.25, -0.2) is 0 Å². The lowest BCUT2D eigenvalue weighted by Gasteiger charge is -2.36. The van der Waals surface area contributed by atoms with Gasteiger partial charge in [-0.1, -0.05) is 11.6 Å². The molecule has 8 heteroatoms. The monoisotopic (exact) mass is 395 g/mol. The van der Waals surface area contributed by atoms with E-state index in [4.69, 9.17) is 21.1 Å². The third-order valence-electron chi connectivity index (χ3n) is 5.22. The molecule has 0 unspecified atom stereocenters. The number of benzene rings is 1. The van der Waals surface area contributed by atoms with Crippen molar-refractivity contribution >= 4 is 29.1 Å². The fourth-order valence-corrected chi connectivity index (χ4v) is 4.03. The molecule has 0 spiro atoms. The van der Waals surface area contributed by atoms with Crippen LogP contribution in [0.5, 0.6) is 11.5 Å². The summed E-state index contributed by atoms with van der Waals surface area (Å²) in [5, 5.41) is 3.30. The zero-order valence-electron chi connectivity index (χ0n) is 15.8. The minimum atomic E-state index is -0.117. The second-order valence-electron chi connectivity index (χ2n) is 6.93. The van der Waals surface area contributed by atoms with Crippen LogP contribution in [0.4, 0.5) is 5.69 Å². The molecule has 2 amide bonds. The molecule has 0 aromatic heterocycles. The second-order valence-corrected chi connectivity index (χ2v) is 7.34. The van der Waals surface area contributed by atoms with Crippen molar-refractivity contribution in [1.29, 1.82) is 0 Å². The standard InChI is InChI=1S/C19H26ClN3O4/c1-26-16-11-15(17(27-2)10-14(16)20)21-18(24)12-22-8-5-13(6-9-22)23-7-3-4-19(23)25/h10-11,13H,3-9,12H2,1-2H3,(H,21,24). The maximum absolute atomic E-state index is 12.5. The van der Waals surface area contributed by atoms with Gasteiger partial charge in [0.15, 0.2) is 0 Å². The topological polar surface area (TPSA) is 71.1 Å². The number of rotatable bonds is 6. The minimum absolute atomic E-state index is 0.117. The van der Waals surface area contributed by atoms with E-state index < -0.39 is 0 Å². The number of halogens is 1. The molecule has 2 saturated heterocycles. The molecule has 3 rings (SSSR count). The zero-order chi connectivity index (χ0) is 19.4. The fourth-order valence-electron chi connectivity index (χ4n) is 3.80. The van der Waals surface area contributed by atoms with E-state index in [1.807, 2.05) is 4.90 Å². The average Bonchev–Trinajstić information content (AvgIpc) is 3.09. The van der Waals surface area contributed by atoms with Crippen molar-refractivity contribution in [2.45, 2.75) is 31.7 Å². The number of nitrogens with zero attached hydrogens (tertiary/aromatic N) is 2. The second kappa shape index (κ2) is 8.80. The van der Waals surface area contributed by atoms with E-state index in [1.165, 1.54) is 14.2 Å². The van der Waals surface area contributed by atoms with Crippen molar-refractivity contribution in [3.63, 3.8) is 0 Å². The van der Waals surface area contributed by atoms with Crippen LogP contribution in [-0.4, -0.2) is 68.1 Å². The summed E-state index contributed by atoms with van der Waals surface area (Å²) in [5.74, 6) is 1.12. The molecule has 0 atom stereocenters. The molecule has 2 aliphatic heterocycles. The van der Waals surface area contributed by atoms with E-state index in [0.717, 1.165) is 38.9 Å². The molecule has 148 valence electrons. The van der Waals surface area contributed by atoms with Crippen LogP contribution < -0.4 is 14.8 Å². The number of ether oxygens (including phenoxy) is 2. The van der Waals surface area contributed by atoms with Crippen LogP contribution in [0.25, 0.3) is 0 Å². The van der Waals surface area contributed by atoms with Gasteiger partial charge < -0.3 is 19.7 Å². The summed E-state index contributed by atoms with van der Waals surface area (Å²) >= 11 is 6.10. The first-order chi connectivity index (χ1) is 13.0. The largest absolute Gasteiger partial charge is 0.495 e. The number of carbonyl (C=O) groups excluding carboxylic acids is 2. The molecule has 1 aromatic rings. The zero-order valence-corrected chi connectivity index (χ0v) is 16.6. The van der Waals surface area contributed by atoms with Gasteiger partial charge in [0.25, 0.3) is 0 Å². The number of hydrogen-bond donors (Lipinski definition) is 1. The van der Waals surface area contributed by atoms with Crippen molar-refractivity contribution in [2.24, 2.45) is 0 Å². The summed E-state index contributed by atoms with van der Waals surface area (Å²) in [5.41, 5.74) is 0.529. The third kappa shape index (κ3) is 4.65. The molecule has 2 fully saturated rings. The van der Waals surface area contributed by atoms with Crippen LogP contribution in [0.1, 0.15) is 25.7 Å². The molecule has 0 aliphatic carbocycles. The van der Waals surface area contributed by atoms with Gasteiger partial charge in [0.2, 0.25) is 11.8 Å². The Kier molecular flexibility index (Phi) is 6.44. The molecule has 1 aromatic carbocycles. The molecular weight excluding hydrogens is 370 g/mol. The van der Waals surface area contributed by atoms with Gasteiger partial charge in [-0.3, -0.25) is 14.5 Å². The van der Waals surface area contributed by atoms with Crippen LogP contribution in [-0.2, 0) is 9.59 Å². The van der Waals surface area contributed by atoms with Gasteiger partial charge >= 0.3 is 0 Å². The van der Waals surface area contributed by atoms with Crippen LogP contribution in [0, 0.1) is 0 Å². The number of nitrogens with one attached hydrogen (secondary N) is 1. The first kappa shape index (κ1) is 19.8. The Morgan fingerprint density at radius 2 is 1.89 bits per heavy atom. The number of piperidine rings is 1. The van der Waals surface area contributed by atoms with Gasteiger partial charge in [0.1, 0.15) is 11.5 Å². The number of hydrogen-bond acceptors (Lipinski definition) is 5. The number of likely N-dealkylation sites (tertiary alicyclic amines) is 2. The summed E-state index contributed by atoms with van der Waals surface area (Å²) in [6.45, 7) is 2.79. The van der Waals surface area contributed by atoms with Gasteiger partial charge in [-0.15, -0.1) is 0 Å². The Hall–Kier alpha value is -1.99. The molecule has 2 heterocycles. The van der Waals surface area contributed by atoms with E-state index in [2.05, 4.69) is 10.2 Å². The van der Waals surface area contributed by atoms with Crippen molar-refractivity contribution in [2.75, 3.05) is 45.7 Å². The Balaban J connectivity index is 1.54. The predicted molar refractivity (Wildman–Crippen MR) is 104 cm³/mol. The molecule has 7 nitrogen and oxygen atoms in total. The number of amides is 2. The van der Waals surface area contributed by atoms with E-state index in [1.54, 1.807) is 12.1 Å². The first-order valence-corrected chi connectivity index (χ1v) is 9.62. The SMILES string of the molecule is COc1cc(NC(=O)CN2CCC(N3CCCC3=O)CC2)c(OC)cc1Cl. The smallest absolute Gasteiger partial charge is 0.238 e. The summed E-state index contributed by atoms with van der Waals surface area (Å²) in [6.07, 6.45) is 3.47. The predicted octanol–water partition coefficient (Wildman–Crippen LogP) is 2.38. The van der Waals surface area contributed by atoms with Crippen LogP contribution >= 0.6 is 11.6 Å². The van der Waals surface area contributed by atoms with Gasteiger partial charge in [0, 0.05) is 44.2 Å². The van der Waals surface area contributed by atoms with Crippen LogP contribution in [0.2, 0.25) is 5.02 Å². The summed E-state index contributed by atoms with van der Waals surface area (Å²) in [6, 6.07) is 3.60. The van der Waals surface area contributed by atoms with Gasteiger partial charge in [-0.2, -0.15) is 0 Å².